The molecule has 10 heteroatoms. The van der Waals surface area contributed by atoms with Gasteiger partial charge in [0.1, 0.15) is 17.1 Å². The number of hydrogen-bond donors (Lipinski definition) is 1. The van der Waals surface area contributed by atoms with Gasteiger partial charge in [0.15, 0.2) is 11.6 Å². The van der Waals surface area contributed by atoms with Crippen molar-refractivity contribution in [3.63, 3.8) is 0 Å². The normalized spacial score (nSPS) is 17.0. The number of methoxy groups -OCH3 is 1. The second kappa shape index (κ2) is 9.54. The van der Waals surface area contributed by atoms with Gasteiger partial charge >= 0.3 is 0 Å². The zero-order chi connectivity index (χ0) is 24.4. The lowest BCUT2D eigenvalue weighted by molar-refractivity contribution is -0.122. The van der Waals surface area contributed by atoms with Crippen molar-refractivity contribution in [1.82, 2.24) is 5.32 Å². The van der Waals surface area contributed by atoms with Crippen LogP contribution in [0.3, 0.4) is 0 Å². The maximum absolute atomic E-state index is 13.6. The summed E-state index contributed by atoms with van der Waals surface area (Å²) >= 11 is 0. The van der Waals surface area contributed by atoms with Gasteiger partial charge in [0, 0.05) is 37.1 Å². The molecule has 33 heavy (non-hydrogen) atoms. The highest BCUT2D eigenvalue weighted by molar-refractivity contribution is 7.92. The van der Waals surface area contributed by atoms with Crippen LogP contribution in [-0.2, 0) is 14.8 Å². The molecule has 1 heterocycles. The van der Waals surface area contributed by atoms with Crippen LogP contribution in [0.2, 0.25) is 0 Å². The standard InChI is InChI=1S/C23H28F2N2O5S/c1-23(2)14-20(17-9-8-16(31-3)13-21(17)32-23)26-22(28)6-5-11-27(33(4,29)30)15-7-10-18(24)19(25)12-15/h7-10,12-13,20H,5-6,11,14H2,1-4H3,(H,26,28)/t20-/m1/s1. The second-order valence-electron chi connectivity index (χ2n) is 8.63. The van der Waals surface area contributed by atoms with E-state index in [1.54, 1.807) is 19.2 Å². The van der Waals surface area contributed by atoms with Gasteiger partial charge < -0.3 is 14.8 Å². The molecule has 0 bridgehead atoms. The molecule has 0 radical (unpaired) electrons. The van der Waals surface area contributed by atoms with Crippen LogP contribution in [0.4, 0.5) is 14.5 Å². The number of nitrogens with zero attached hydrogens (tertiary/aromatic N) is 1. The quantitative estimate of drug-likeness (QED) is 0.616. The summed E-state index contributed by atoms with van der Waals surface area (Å²) in [5, 5.41) is 3.00. The Balaban J connectivity index is 1.66. The Morgan fingerprint density at radius 1 is 1.21 bits per heavy atom. The van der Waals surface area contributed by atoms with Crippen LogP contribution in [0.1, 0.15) is 44.7 Å². The molecule has 1 N–H and O–H groups in total. The molecule has 1 aliphatic heterocycles. The number of hydrogen-bond acceptors (Lipinski definition) is 5. The molecule has 7 nitrogen and oxygen atoms in total. The largest absolute Gasteiger partial charge is 0.497 e. The monoisotopic (exact) mass is 482 g/mol. The van der Waals surface area contributed by atoms with Crippen molar-refractivity contribution in [3.8, 4) is 11.5 Å². The summed E-state index contributed by atoms with van der Waals surface area (Å²) < 4.78 is 63.4. The maximum Gasteiger partial charge on any atom is 0.232 e. The number of carbonyl (C=O) groups is 1. The number of halogens is 2. The lowest BCUT2D eigenvalue weighted by Crippen LogP contribution is -2.41. The number of rotatable bonds is 8. The van der Waals surface area contributed by atoms with Gasteiger partial charge in [0.2, 0.25) is 15.9 Å². The number of benzene rings is 2. The molecule has 2 aromatic rings. The van der Waals surface area contributed by atoms with Crippen LogP contribution in [0.5, 0.6) is 11.5 Å². The molecule has 0 saturated heterocycles. The van der Waals surface area contributed by atoms with Crippen LogP contribution in [0.15, 0.2) is 36.4 Å². The van der Waals surface area contributed by atoms with E-state index in [0.29, 0.717) is 17.9 Å². The molecule has 2 aromatic carbocycles. The highest BCUT2D eigenvalue weighted by Crippen LogP contribution is 2.41. The van der Waals surface area contributed by atoms with Gasteiger partial charge in [-0.25, -0.2) is 17.2 Å². The summed E-state index contributed by atoms with van der Waals surface area (Å²) in [5.74, 6) is -1.18. The van der Waals surface area contributed by atoms with Crippen molar-refractivity contribution < 1.29 is 31.5 Å². The molecule has 0 spiro atoms. The van der Waals surface area contributed by atoms with E-state index in [1.165, 1.54) is 6.07 Å². The van der Waals surface area contributed by atoms with E-state index >= 15 is 0 Å². The first kappa shape index (κ1) is 24.8. The zero-order valence-electron chi connectivity index (χ0n) is 19.0. The van der Waals surface area contributed by atoms with Crippen molar-refractivity contribution >= 4 is 21.6 Å². The average molecular weight is 483 g/mol. The number of ether oxygens (including phenoxy) is 2. The van der Waals surface area contributed by atoms with Gasteiger partial charge in [-0.2, -0.15) is 0 Å². The first-order valence-electron chi connectivity index (χ1n) is 10.5. The molecule has 180 valence electrons. The van der Waals surface area contributed by atoms with Gasteiger partial charge in [-0.15, -0.1) is 0 Å². The lowest BCUT2D eigenvalue weighted by Gasteiger charge is -2.38. The molecule has 1 atom stereocenters. The van der Waals surface area contributed by atoms with Crippen LogP contribution in [0.25, 0.3) is 0 Å². The number of amides is 1. The minimum absolute atomic E-state index is 0.00543. The Kier molecular flexibility index (Phi) is 7.16. The summed E-state index contributed by atoms with van der Waals surface area (Å²) in [4.78, 5) is 12.7. The van der Waals surface area contributed by atoms with E-state index in [9.17, 15) is 22.0 Å². The highest BCUT2D eigenvalue weighted by atomic mass is 32.2. The minimum atomic E-state index is -3.75. The van der Waals surface area contributed by atoms with Crippen molar-refractivity contribution in [2.75, 3.05) is 24.2 Å². The third-order valence-electron chi connectivity index (χ3n) is 5.37. The van der Waals surface area contributed by atoms with E-state index in [4.69, 9.17) is 9.47 Å². The summed E-state index contributed by atoms with van der Waals surface area (Å²) in [6.07, 6.45) is 1.78. The SMILES string of the molecule is COc1ccc2c(c1)OC(C)(C)C[C@H]2NC(=O)CCCN(c1ccc(F)c(F)c1)S(C)(=O)=O. The summed E-state index contributed by atoms with van der Waals surface area (Å²) in [5.41, 5.74) is 0.339. The first-order valence-corrected chi connectivity index (χ1v) is 12.3. The van der Waals surface area contributed by atoms with Crippen molar-refractivity contribution in [3.05, 3.63) is 53.6 Å². The molecular formula is C23H28F2N2O5S. The van der Waals surface area contributed by atoms with E-state index in [-0.39, 0.29) is 37.0 Å². The molecule has 0 fully saturated rings. The van der Waals surface area contributed by atoms with Crippen LogP contribution >= 0.6 is 0 Å². The van der Waals surface area contributed by atoms with Crippen LogP contribution in [-0.4, -0.2) is 39.8 Å². The molecular weight excluding hydrogens is 454 g/mol. The smallest absolute Gasteiger partial charge is 0.232 e. The highest BCUT2D eigenvalue weighted by Gasteiger charge is 2.34. The number of fused-ring (bicyclic) bond motifs is 1. The second-order valence-corrected chi connectivity index (χ2v) is 10.5. The Hall–Kier alpha value is -2.88. The molecule has 1 aliphatic rings. The predicted octanol–water partition coefficient (Wildman–Crippen LogP) is 3.94. The van der Waals surface area contributed by atoms with Crippen molar-refractivity contribution in [1.29, 1.82) is 0 Å². The van der Waals surface area contributed by atoms with E-state index in [0.717, 1.165) is 28.3 Å². The third-order valence-corrected chi connectivity index (χ3v) is 6.56. The molecule has 0 aromatic heterocycles. The van der Waals surface area contributed by atoms with Crippen molar-refractivity contribution in [2.24, 2.45) is 0 Å². The molecule has 0 saturated carbocycles. The molecule has 3 rings (SSSR count). The van der Waals surface area contributed by atoms with Crippen LogP contribution in [0, 0.1) is 11.6 Å². The van der Waals surface area contributed by atoms with Gasteiger partial charge in [-0.1, -0.05) is 0 Å². The molecule has 0 unspecified atom stereocenters. The predicted molar refractivity (Wildman–Crippen MR) is 121 cm³/mol. The average Bonchev–Trinajstić information content (AvgIpc) is 2.71. The summed E-state index contributed by atoms with van der Waals surface area (Å²) in [6, 6.07) is 8.03. The lowest BCUT2D eigenvalue weighted by atomic mass is 9.89. The van der Waals surface area contributed by atoms with E-state index < -0.39 is 27.3 Å². The Bertz CT molecular complexity index is 1140. The van der Waals surface area contributed by atoms with Gasteiger partial charge in [0.05, 0.1) is 25.1 Å². The molecule has 1 amide bonds. The summed E-state index contributed by atoms with van der Waals surface area (Å²) in [7, 11) is -2.19. The number of carbonyl (C=O) groups excluding carboxylic acids is 1. The Morgan fingerprint density at radius 3 is 2.58 bits per heavy atom. The fourth-order valence-electron chi connectivity index (χ4n) is 3.86. The third kappa shape index (κ3) is 6.13. The fraction of sp³-hybridized carbons (Fsp3) is 0.435. The van der Waals surface area contributed by atoms with Gasteiger partial charge in [-0.05, 0) is 44.5 Å². The molecule has 0 aliphatic carbocycles. The number of sulfonamides is 1. The van der Waals surface area contributed by atoms with Crippen molar-refractivity contribution in [2.45, 2.75) is 44.8 Å². The van der Waals surface area contributed by atoms with Crippen LogP contribution < -0.4 is 19.1 Å². The Morgan fingerprint density at radius 2 is 1.94 bits per heavy atom. The van der Waals surface area contributed by atoms with E-state index in [2.05, 4.69) is 5.32 Å². The maximum atomic E-state index is 13.6. The van der Waals surface area contributed by atoms with Gasteiger partial charge in [-0.3, -0.25) is 9.10 Å². The summed E-state index contributed by atoms with van der Waals surface area (Å²) in [6.45, 7) is 3.81. The zero-order valence-corrected chi connectivity index (χ0v) is 19.8. The first-order chi connectivity index (χ1) is 15.4. The fourth-order valence-corrected chi connectivity index (χ4v) is 4.82. The number of anilines is 1. The minimum Gasteiger partial charge on any atom is -0.497 e. The Labute approximate surface area is 192 Å². The number of nitrogens with one attached hydrogen (secondary N) is 1. The van der Waals surface area contributed by atoms with E-state index in [1.807, 2.05) is 19.9 Å². The van der Waals surface area contributed by atoms with Gasteiger partial charge in [0.25, 0.3) is 0 Å². The topological polar surface area (TPSA) is 84.9 Å².